The summed E-state index contributed by atoms with van der Waals surface area (Å²) in [5, 5.41) is 26.2. The molecule has 1 fully saturated rings. The minimum absolute atomic E-state index is 0.224. The number of halogens is 2. The first-order valence-electron chi connectivity index (χ1n) is 8.48. The summed E-state index contributed by atoms with van der Waals surface area (Å²) >= 11 is 6.20. The molecule has 0 spiro atoms. The fourth-order valence-electron chi connectivity index (χ4n) is 3.60. The van der Waals surface area contributed by atoms with E-state index >= 15 is 0 Å². The number of hydrogen-bond donors (Lipinski definition) is 3. The molecular formula is C18H19ClFN3O3. The highest BCUT2D eigenvalue weighted by atomic mass is 35.5. The number of hydrogen-bond acceptors (Lipinski definition) is 4. The van der Waals surface area contributed by atoms with Crippen molar-refractivity contribution in [2.24, 2.45) is 5.92 Å². The molecule has 1 aromatic carbocycles. The maximum atomic E-state index is 13.4. The number of aliphatic hydroxyl groups is 2. The Kier molecular flexibility index (Phi) is 4.06. The van der Waals surface area contributed by atoms with Crippen molar-refractivity contribution in [3.05, 3.63) is 46.0 Å². The normalized spacial score (nSPS) is 20.7. The highest BCUT2D eigenvalue weighted by Gasteiger charge is 2.50. The highest BCUT2D eigenvalue weighted by molar-refractivity contribution is 6.32. The summed E-state index contributed by atoms with van der Waals surface area (Å²) < 4.78 is 15.0. The molecular weight excluding hydrogens is 361 g/mol. The van der Waals surface area contributed by atoms with Crippen LogP contribution in [0.1, 0.15) is 41.0 Å². The van der Waals surface area contributed by atoms with Gasteiger partial charge >= 0.3 is 0 Å². The average Bonchev–Trinajstić information content (AvgIpc) is 3.11. The Labute approximate surface area is 154 Å². The van der Waals surface area contributed by atoms with Crippen molar-refractivity contribution in [3.8, 4) is 5.69 Å². The van der Waals surface area contributed by atoms with Crippen LogP contribution in [0.15, 0.2) is 18.2 Å². The summed E-state index contributed by atoms with van der Waals surface area (Å²) in [6, 6.07) is 4.08. The van der Waals surface area contributed by atoms with Gasteiger partial charge in [-0.25, -0.2) is 9.07 Å². The van der Waals surface area contributed by atoms with E-state index in [1.807, 2.05) is 0 Å². The van der Waals surface area contributed by atoms with Crippen molar-refractivity contribution in [3.63, 3.8) is 0 Å². The lowest BCUT2D eigenvalue weighted by atomic mass is 10.0. The Morgan fingerprint density at radius 3 is 2.85 bits per heavy atom. The second-order valence-corrected chi connectivity index (χ2v) is 7.76. The van der Waals surface area contributed by atoms with Gasteiger partial charge in [-0.15, -0.1) is 0 Å². The van der Waals surface area contributed by atoms with Crippen molar-refractivity contribution in [1.29, 1.82) is 0 Å². The molecule has 8 heteroatoms. The molecule has 0 radical (unpaired) electrons. The fraction of sp³-hybridized carbons (Fsp3) is 0.444. The van der Waals surface area contributed by atoms with Gasteiger partial charge in [-0.2, -0.15) is 5.10 Å². The smallest absolute Gasteiger partial charge is 0.272 e. The molecule has 138 valence electrons. The zero-order valence-electron chi connectivity index (χ0n) is 14.2. The fourth-order valence-corrected chi connectivity index (χ4v) is 3.84. The Morgan fingerprint density at radius 1 is 1.46 bits per heavy atom. The lowest BCUT2D eigenvalue weighted by molar-refractivity contribution is 0.0718. The van der Waals surface area contributed by atoms with Crippen LogP contribution in [0.25, 0.3) is 5.69 Å². The third kappa shape index (κ3) is 2.71. The van der Waals surface area contributed by atoms with Crippen LogP contribution in [0.2, 0.25) is 5.02 Å². The maximum Gasteiger partial charge on any atom is 0.272 e. The summed E-state index contributed by atoms with van der Waals surface area (Å²) in [5.74, 6) is -0.0547. The molecule has 0 bridgehead atoms. The third-order valence-corrected chi connectivity index (χ3v) is 5.53. The molecule has 1 saturated carbocycles. The number of carbonyl (C=O) groups excluding carboxylic acids is 1. The van der Waals surface area contributed by atoms with E-state index in [0.717, 1.165) is 24.1 Å². The standard InChI is InChI=1S/C18H19ClFN3O3/c1-18(7-24,8-25)21-17(26)15-12-5-9-4-11(9)16(12)23(22-15)14-3-2-10(20)6-13(14)19/h2-3,6,9,11,24-25H,4-5,7-8H2,1H3,(H,21,26)/t9-,11-/m1/s1. The molecule has 2 aromatic rings. The number of nitrogens with zero attached hydrogens (tertiary/aromatic N) is 2. The number of fused-ring (bicyclic) bond motifs is 3. The van der Waals surface area contributed by atoms with Gasteiger partial charge < -0.3 is 15.5 Å². The van der Waals surface area contributed by atoms with Crippen molar-refractivity contribution >= 4 is 17.5 Å². The first-order valence-corrected chi connectivity index (χ1v) is 8.86. The number of aliphatic hydroxyl groups excluding tert-OH is 2. The van der Waals surface area contributed by atoms with E-state index in [0.29, 0.717) is 17.5 Å². The van der Waals surface area contributed by atoms with E-state index in [1.54, 1.807) is 17.7 Å². The zero-order valence-corrected chi connectivity index (χ0v) is 14.9. The summed E-state index contributed by atoms with van der Waals surface area (Å²) in [6.45, 7) is 0.761. The second-order valence-electron chi connectivity index (χ2n) is 7.36. The van der Waals surface area contributed by atoms with Gasteiger partial charge in [0.15, 0.2) is 5.69 Å². The van der Waals surface area contributed by atoms with Crippen molar-refractivity contribution in [2.75, 3.05) is 13.2 Å². The topological polar surface area (TPSA) is 87.4 Å². The number of rotatable bonds is 5. The van der Waals surface area contributed by atoms with Gasteiger partial charge in [0.25, 0.3) is 5.91 Å². The summed E-state index contributed by atoms with van der Waals surface area (Å²) in [4.78, 5) is 12.7. The van der Waals surface area contributed by atoms with Gasteiger partial charge in [0.1, 0.15) is 5.82 Å². The highest BCUT2D eigenvalue weighted by Crippen LogP contribution is 2.57. The van der Waals surface area contributed by atoms with E-state index in [9.17, 15) is 19.4 Å². The Morgan fingerprint density at radius 2 is 2.19 bits per heavy atom. The third-order valence-electron chi connectivity index (χ3n) is 5.23. The quantitative estimate of drug-likeness (QED) is 0.739. The van der Waals surface area contributed by atoms with Gasteiger partial charge in [-0.05, 0) is 43.9 Å². The van der Waals surface area contributed by atoms with Crippen LogP contribution in [-0.2, 0) is 6.42 Å². The van der Waals surface area contributed by atoms with E-state index in [4.69, 9.17) is 11.6 Å². The van der Waals surface area contributed by atoms with Crippen LogP contribution >= 0.6 is 11.6 Å². The van der Waals surface area contributed by atoms with Crippen LogP contribution in [0, 0.1) is 11.7 Å². The van der Waals surface area contributed by atoms with Crippen LogP contribution in [0.3, 0.4) is 0 Å². The van der Waals surface area contributed by atoms with E-state index in [-0.39, 0.29) is 10.7 Å². The molecule has 1 aromatic heterocycles. The summed E-state index contributed by atoms with van der Waals surface area (Å²) in [6.07, 6.45) is 1.81. The second kappa shape index (κ2) is 6.04. The molecule has 2 aliphatic carbocycles. The van der Waals surface area contributed by atoms with Gasteiger partial charge in [0.05, 0.1) is 35.2 Å². The Bertz CT molecular complexity index is 894. The molecule has 3 N–H and O–H groups in total. The zero-order chi connectivity index (χ0) is 18.6. The predicted octanol–water partition coefficient (Wildman–Crippen LogP) is 1.80. The van der Waals surface area contributed by atoms with Gasteiger partial charge in [0, 0.05) is 11.5 Å². The largest absolute Gasteiger partial charge is 0.394 e. The molecule has 2 aliphatic rings. The number of carbonyl (C=O) groups is 1. The molecule has 0 aliphatic heterocycles. The molecule has 26 heavy (non-hydrogen) atoms. The first-order chi connectivity index (χ1) is 12.4. The Balaban J connectivity index is 1.76. The van der Waals surface area contributed by atoms with Crippen molar-refractivity contribution in [2.45, 2.75) is 31.2 Å². The minimum Gasteiger partial charge on any atom is -0.394 e. The first kappa shape index (κ1) is 17.5. The van der Waals surface area contributed by atoms with E-state index in [1.165, 1.54) is 12.1 Å². The van der Waals surface area contributed by atoms with Crippen LogP contribution in [0.5, 0.6) is 0 Å². The summed E-state index contributed by atoms with van der Waals surface area (Å²) in [5.41, 5.74) is 1.47. The lowest BCUT2D eigenvalue weighted by Crippen LogP contribution is -2.52. The number of aromatic nitrogens is 2. The molecule has 4 rings (SSSR count). The molecule has 1 heterocycles. The number of nitrogens with one attached hydrogen (secondary N) is 1. The van der Waals surface area contributed by atoms with Crippen molar-refractivity contribution < 1.29 is 19.4 Å². The molecule has 6 nitrogen and oxygen atoms in total. The average molecular weight is 380 g/mol. The van der Waals surface area contributed by atoms with Gasteiger partial charge in [-0.3, -0.25) is 4.79 Å². The van der Waals surface area contributed by atoms with E-state index in [2.05, 4.69) is 10.4 Å². The monoisotopic (exact) mass is 379 g/mol. The van der Waals surface area contributed by atoms with Crippen LogP contribution in [-0.4, -0.2) is 44.7 Å². The van der Waals surface area contributed by atoms with Gasteiger partial charge in [-0.1, -0.05) is 11.6 Å². The van der Waals surface area contributed by atoms with E-state index < -0.39 is 30.5 Å². The van der Waals surface area contributed by atoms with Crippen molar-refractivity contribution in [1.82, 2.24) is 15.1 Å². The molecule has 1 amide bonds. The molecule has 2 atom stereocenters. The van der Waals surface area contributed by atoms with Crippen LogP contribution < -0.4 is 5.32 Å². The predicted molar refractivity (Wildman–Crippen MR) is 93.1 cm³/mol. The maximum absolute atomic E-state index is 13.4. The molecule has 0 unspecified atom stereocenters. The SMILES string of the molecule is CC(CO)(CO)NC(=O)c1nn(-c2ccc(F)cc2Cl)c2c1C[C@H]1C[C@@H]21. The number of amides is 1. The van der Waals surface area contributed by atoms with Crippen LogP contribution in [0.4, 0.5) is 4.39 Å². The van der Waals surface area contributed by atoms with Gasteiger partial charge in [0.2, 0.25) is 0 Å². The minimum atomic E-state index is -1.14. The summed E-state index contributed by atoms with van der Waals surface area (Å²) in [7, 11) is 0. The lowest BCUT2D eigenvalue weighted by Gasteiger charge is -2.25. The number of benzene rings is 1. The molecule has 0 saturated heterocycles. The Hall–Kier alpha value is -1.96.